The Balaban J connectivity index is 2.00. The number of benzene rings is 2. The Morgan fingerprint density at radius 1 is 1.14 bits per heavy atom. The third-order valence-electron chi connectivity index (χ3n) is 3.80. The first-order chi connectivity index (χ1) is 13.7. The van der Waals surface area contributed by atoms with E-state index in [1.165, 1.54) is 24.3 Å². The van der Waals surface area contributed by atoms with Crippen molar-refractivity contribution in [1.29, 1.82) is 5.26 Å². The van der Waals surface area contributed by atoms with Crippen molar-refractivity contribution in [2.45, 2.75) is 12.9 Å². The number of carbonyl (C=O) groups is 2. The number of imide groups is 1. The van der Waals surface area contributed by atoms with Crippen LogP contribution in [0.3, 0.4) is 0 Å². The highest BCUT2D eigenvalue weighted by Gasteiger charge is 2.35. The smallest absolute Gasteiger partial charge is 0.420 e. The average Bonchev–Trinajstić information content (AvgIpc) is 2.99. The van der Waals surface area contributed by atoms with Crippen molar-refractivity contribution < 1.29 is 31.9 Å². The van der Waals surface area contributed by atoms with Gasteiger partial charge in [-0.2, -0.15) is 18.4 Å². The molecular weight excluding hydrogens is 412 g/mol. The van der Waals surface area contributed by atoms with Crippen LogP contribution in [0.1, 0.15) is 22.3 Å². The van der Waals surface area contributed by atoms with E-state index in [4.69, 9.17) is 10.00 Å². The molecule has 1 N–H and O–H groups in total. The van der Waals surface area contributed by atoms with Gasteiger partial charge in [-0.15, -0.1) is 0 Å². The number of thioether (sulfide) groups is 1. The molecule has 1 heterocycles. The van der Waals surface area contributed by atoms with Crippen molar-refractivity contribution >= 4 is 29.0 Å². The molecule has 2 amide bonds. The van der Waals surface area contributed by atoms with E-state index in [2.05, 4.69) is 0 Å². The van der Waals surface area contributed by atoms with Gasteiger partial charge in [0.25, 0.3) is 11.1 Å². The van der Waals surface area contributed by atoms with Crippen LogP contribution < -0.4 is 10.1 Å². The van der Waals surface area contributed by atoms with Gasteiger partial charge in [0.15, 0.2) is 0 Å². The standard InChI is InChI=1S/C19H10F4N2O3S/c20-8-12-5-11(9-24)2-3-14(12)28-15-4-1-10(6-13(15)19(21,22)23)7-16-17(26)25-18(27)29-16/h1-7H,8H2,(H,25,26,27)/b16-7-. The van der Waals surface area contributed by atoms with Gasteiger partial charge in [0.1, 0.15) is 18.2 Å². The van der Waals surface area contributed by atoms with Crippen molar-refractivity contribution in [3.8, 4) is 17.6 Å². The molecule has 1 saturated heterocycles. The van der Waals surface area contributed by atoms with Gasteiger partial charge in [-0.05, 0) is 53.7 Å². The number of rotatable bonds is 4. The second-order valence-electron chi connectivity index (χ2n) is 5.78. The van der Waals surface area contributed by atoms with E-state index in [0.29, 0.717) is 11.8 Å². The van der Waals surface area contributed by atoms with E-state index in [9.17, 15) is 27.2 Å². The third-order valence-corrected chi connectivity index (χ3v) is 4.61. The number of hydrogen-bond acceptors (Lipinski definition) is 5. The highest BCUT2D eigenvalue weighted by atomic mass is 32.2. The lowest BCUT2D eigenvalue weighted by Gasteiger charge is -2.16. The number of halogens is 4. The number of nitrogens with one attached hydrogen (secondary N) is 1. The SMILES string of the molecule is N#Cc1ccc(Oc2ccc(/C=C3\SC(=O)NC3=O)cc2C(F)(F)F)c(CF)c1. The zero-order valence-corrected chi connectivity index (χ0v) is 15.2. The van der Waals surface area contributed by atoms with E-state index >= 15 is 0 Å². The van der Waals surface area contributed by atoms with Crippen LogP contribution in [-0.4, -0.2) is 11.1 Å². The highest BCUT2D eigenvalue weighted by molar-refractivity contribution is 8.18. The first-order valence-corrected chi connectivity index (χ1v) is 8.76. The fraction of sp³-hybridized carbons (Fsp3) is 0.105. The van der Waals surface area contributed by atoms with E-state index < -0.39 is 35.3 Å². The zero-order chi connectivity index (χ0) is 21.2. The van der Waals surface area contributed by atoms with Crippen molar-refractivity contribution in [1.82, 2.24) is 5.32 Å². The molecule has 1 aliphatic rings. The summed E-state index contributed by atoms with van der Waals surface area (Å²) in [5.74, 6) is -1.42. The minimum atomic E-state index is -4.80. The number of ether oxygens (including phenoxy) is 1. The summed E-state index contributed by atoms with van der Waals surface area (Å²) < 4.78 is 59.1. The lowest BCUT2D eigenvalue weighted by molar-refractivity contribution is -0.138. The molecule has 10 heteroatoms. The van der Waals surface area contributed by atoms with Crippen LogP contribution in [0.4, 0.5) is 22.4 Å². The predicted octanol–water partition coefficient (Wildman–Crippen LogP) is 5.16. The normalized spacial score (nSPS) is 15.3. The van der Waals surface area contributed by atoms with Gasteiger partial charge in [-0.1, -0.05) is 6.07 Å². The Hall–Kier alpha value is -3.32. The Kier molecular flexibility index (Phi) is 5.61. The fourth-order valence-corrected chi connectivity index (χ4v) is 3.17. The zero-order valence-electron chi connectivity index (χ0n) is 14.3. The number of carbonyl (C=O) groups excluding carboxylic acids is 2. The summed E-state index contributed by atoms with van der Waals surface area (Å²) in [6.45, 7) is -1.03. The highest BCUT2D eigenvalue weighted by Crippen LogP contribution is 2.40. The maximum absolute atomic E-state index is 13.5. The van der Waals surface area contributed by atoms with Crippen LogP contribution in [0.2, 0.25) is 0 Å². The summed E-state index contributed by atoms with van der Waals surface area (Å²) in [7, 11) is 0. The van der Waals surface area contributed by atoms with Crippen molar-refractivity contribution in [2.24, 2.45) is 0 Å². The van der Waals surface area contributed by atoms with E-state index in [-0.39, 0.29) is 27.3 Å². The lowest BCUT2D eigenvalue weighted by Crippen LogP contribution is -2.17. The molecule has 0 radical (unpaired) electrons. The molecule has 29 heavy (non-hydrogen) atoms. The van der Waals surface area contributed by atoms with Crippen LogP contribution in [0.5, 0.6) is 11.5 Å². The van der Waals surface area contributed by atoms with Gasteiger partial charge >= 0.3 is 6.18 Å². The van der Waals surface area contributed by atoms with Gasteiger partial charge in [0.2, 0.25) is 0 Å². The molecule has 2 aromatic rings. The molecule has 2 aromatic carbocycles. The number of nitriles is 1. The fourth-order valence-electron chi connectivity index (χ4n) is 2.49. The number of nitrogens with zero attached hydrogens (tertiary/aromatic N) is 1. The Morgan fingerprint density at radius 2 is 1.86 bits per heavy atom. The third kappa shape index (κ3) is 4.57. The summed E-state index contributed by atoms with van der Waals surface area (Å²) in [5.41, 5.74) is -1.04. The second-order valence-corrected chi connectivity index (χ2v) is 6.79. The van der Waals surface area contributed by atoms with Crippen molar-refractivity contribution in [3.63, 3.8) is 0 Å². The molecule has 0 atom stereocenters. The summed E-state index contributed by atoms with van der Waals surface area (Å²) in [6.07, 6.45) is -3.65. The van der Waals surface area contributed by atoms with E-state index in [1.54, 1.807) is 0 Å². The van der Waals surface area contributed by atoms with Crippen LogP contribution in [0.25, 0.3) is 6.08 Å². The Bertz CT molecular complexity index is 1070. The Morgan fingerprint density at radius 3 is 2.45 bits per heavy atom. The minimum absolute atomic E-state index is 0.0302. The predicted molar refractivity (Wildman–Crippen MR) is 96.6 cm³/mol. The molecular formula is C19H10F4N2O3S. The summed E-state index contributed by atoms with van der Waals surface area (Å²) in [4.78, 5) is 22.7. The molecule has 0 saturated carbocycles. The minimum Gasteiger partial charge on any atom is -0.456 e. The topological polar surface area (TPSA) is 79.2 Å². The van der Waals surface area contributed by atoms with E-state index in [0.717, 1.165) is 18.2 Å². The molecule has 148 valence electrons. The van der Waals surface area contributed by atoms with Gasteiger partial charge in [-0.3, -0.25) is 14.9 Å². The monoisotopic (exact) mass is 422 g/mol. The first kappa shape index (κ1) is 20.4. The number of alkyl halides is 4. The molecule has 0 aromatic heterocycles. The summed E-state index contributed by atoms with van der Waals surface area (Å²) in [6, 6.07) is 8.58. The molecule has 0 unspecified atom stereocenters. The molecule has 0 spiro atoms. The second kappa shape index (κ2) is 7.97. The first-order valence-electron chi connectivity index (χ1n) is 7.94. The average molecular weight is 422 g/mol. The maximum Gasteiger partial charge on any atom is 0.420 e. The summed E-state index contributed by atoms with van der Waals surface area (Å²) in [5, 5.41) is 10.2. The number of amides is 2. The van der Waals surface area contributed by atoms with Crippen molar-refractivity contribution in [2.75, 3.05) is 0 Å². The van der Waals surface area contributed by atoms with E-state index in [1.807, 2.05) is 11.4 Å². The Labute approximate surface area is 166 Å². The van der Waals surface area contributed by atoms with Crippen LogP contribution in [0, 0.1) is 11.3 Å². The number of hydrogen-bond donors (Lipinski definition) is 1. The molecule has 1 fully saturated rings. The molecule has 0 bridgehead atoms. The van der Waals surface area contributed by atoms with Crippen molar-refractivity contribution in [3.05, 3.63) is 63.6 Å². The van der Waals surface area contributed by atoms with Gasteiger partial charge in [0, 0.05) is 5.56 Å². The van der Waals surface area contributed by atoms with Gasteiger partial charge in [0.05, 0.1) is 22.1 Å². The molecule has 0 aliphatic carbocycles. The van der Waals surface area contributed by atoms with Crippen LogP contribution in [0.15, 0.2) is 41.3 Å². The molecule has 5 nitrogen and oxygen atoms in total. The summed E-state index contributed by atoms with van der Waals surface area (Å²) >= 11 is 0.578. The lowest BCUT2D eigenvalue weighted by atomic mass is 10.1. The molecule has 3 rings (SSSR count). The molecule has 1 aliphatic heterocycles. The van der Waals surface area contributed by atoms with Gasteiger partial charge < -0.3 is 4.74 Å². The largest absolute Gasteiger partial charge is 0.456 e. The quantitative estimate of drug-likeness (QED) is 0.544. The maximum atomic E-state index is 13.5. The van der Waals surface area contributed by atoms with Gasteiger partial charge in [-0.25, -0.2) is 4.39 Å². The van der Waals surface area contributed by atoms with Crippen LogP contribution >= 0.6 is 11.8 Å². The van der Waals surface area contributed by atoms with Crippen LogP contribution in [-0.2, 0) is 17.6 Å².